The summed E-state index contributed by atoms with van der Waals surface area (Å²) in [5.74, 6) is -0.0126. The summed E-state index contributed by atoms with van der Waals surface area (Å²) in [6.45, 7) is -0.0177. The van der Waals surface area contributed by atoms with E-state index in [-0.39, 0.29) is 24.5 Å². The Bertz CT molecular complexity index is 1280. The zero-order chi connectivity index (χ0) is 24.9. The van der Waals surface area contributed by atoms with Gasteiger partial charge in [-0.1, -0.05) is 48.5 Å². The SMILES string of the molecule is COC(=O)C1(S(=O)(=O)c2ccc(Oc3ccccc3)cc2)CCCN1C(=O)OCc1ccccc1. The van der Waals surface area contributed by atoms with Crippen molar-refractivity contribution in [3.05, 3.63) is 90.5 Å². The summed E-state index contributed by atoms with van der Waals surface area (Å²) in [6, 6.07) is 23.7. The second-order valence-corrected chi connectivity index (χ2v) is 10.1. The predicted octanol–water partition coefficient (Wildman–Crippen LogP) is 4.55. The number of carbonyl (C=O) groups excluding carboxylic acids is 2. The zero-order valence-corrected chi connectivity index (χ0v) is 19.9. The number of likely N-dealkylation sites (tertiary alicyclic amines) is 1. The number of hydrogen-bond donors (Lipinski definition) is 0. The molecule has 1 saturated heterocycles. The third-order valence-corrected chi connectivity index (χ3v) is 8.19. The number of hydrogen-bond acceptors (Lipinski definition) is 7. The topological polar surface area (TPSA) is 99.2 Å². The molecule has 1 fully saturated rings. The predicted molar refractivity (Wildman–Crippen MR) is 127 cm³/mol. The van der Waals surface area contributed by atoms with Gasteiger partial charge in [0.05, 0.1) is 12.0 Å². The van der Waals surface area contributed by atoms with Crippen LogP contribution in [0, 0.1) is 0 Å². The van der Waals surface area contributed by atoms with Crippen LogP contribution in [0.15, 0.2) is 89.8 Å². The van der Waals surface area contributed by atoms with Crippen molar-refractivity contribution in [3.8, 4) is 11.5 Å². The lowest BCUT2D eigenvalue weighted by Gasteiger charge is -2.34. The van der Waals surface area contributed by atoms with Gasteiger partial charge in [0.2, 0.25) is 14.7 Å². The Morgan fingerprint density at radius 3 is 2.11 bits per heavy atom. The number of carbonyl (C=O) groups is 2. The van der Waals surface area contributed by atoms with Crippen LogP contribution < -0.4 is 4.74 Å². The molecule has 0 aliphatic carbocycles. The lowest BCUT2D eigenvalue weighted by atomic mass is 10.2. The van der Waals surface area contributed by atoms with Crippen molar-refractivity contribution >= 4 is 21.9 Å². The van der Waals surface area contributed by atoms with Crippen molar-refractivity contribution < 1.29 is 32.2 Å². The molecule has 1 unspecified atom stereocenters. The molecule has 8 nitrogen and oxygen atoms in total. The largest absolute Gasteiger partial charge is 0.466 e. The van der Waals surface area contributed by atoms with Crippen molar-refractivity contribution in [1.82, 2.24) is 4.90 Å². The van der Waals surface area contributed by atoms with Gasteiger partial charge in [0.25, 0.3) is 0 Å². The molecule has 1 heterocycles. The number of para-hydroxylation sites is 1. The van der Waals surface area contributed by atoms with Gasteiger partial charge in [0.1, 0.15) is 18.1 Å². The highest BCUT2D eigenvalue weighted by molar-refractivity contribution is 7.93. The van der Waals surface area contributed by atoms with Crippen molar-refractivity contribution in [2.24, 2.45) is 0 Å². The molecule has 3 aromatic rings. The number of amides is 1. The van der Waals surface area contributed by atoms with E-state index >= 15 is 0 Å². The maximum Gasteiger partial charge on any atom is 0.411 e. The molecule has 1 amide bonds. The summed E-state index contributed by atoms with van der Waals surface area (Å²) < 4.78 is 43.6. The average molecular weight is 496 g/mol. The van der Waals surface area contributed by atoms with Crippen LogP contribution in [0.1, 0.15) is 18.4 Å². The van der Waals surface area contributed by atoms with Gasteiger partial charge in [-0.3, -0.25) is 4.90 Å². The van der Waals surface area contributed by atoms with Gasteiger partial charge in [-0.05, 0) is 54.8 Å². The smallest absolute Gasteiger partial charge is 0.411 e. The molecule has 0 N–H and O–H groups in total. The van der Waals surface area contributed by atoms with E-state index in [0.29, 0.717) is 17.9 Å². The highest BCUT2D eigenvalue weighted by Gasteiger charge is 2.61. The van der Waals surface area contributed by atoms with Crippen molar-refractivity contribution in [2.45, 2.75) is 29.2 Å². The Balaban J connectivity index is 1.61. The molecule has 1 aliphatic heterocycles. The van der Waals surface area contributed by atoms with Crippen molar-refractivity contribution in [3.63, 3.8) is 0 Å². The summed E-state index contributed by atoms with van der Waals surface area (Å²) in [5, 5.41) is 0. The van der Waals surface area contributed by atoms with Crippen molar-refractivity contribution in [1.29, 1.82) is 0 Å². The van der Waals surface area contributed by atoms with E-state index in [0.717, 1.165) is 17.6 Å². The second-order valence-electron chi connectivity index (χ2n) is 7.96. The molecular formula is C26H25NO7S. The van der Waals surface area contributed by atoms with E-state index in [4.69, 9.17) is 14.2 Å². The van der Waals surface area contributed by atoms with E-state index in [2.05, 4.69) is 0 Å². The molecule has 1 aliphatic rings. The van der Waals surface area contributed by atoms with Gasteiger partial charge in [-0.2, -0.15) is 0 Å². The molecule has 0 spiro atoms. The molecule has 182 valence electrons. The number of esters is 1. The molecule has 0 radical (unpaired) electrons. The fourth-order valence-corrected chi connectivity index (χ4v) is 6.15. The number of methoxy groups -OCH3 is 1. The van der Waals surface area contributed by atoms with Gasteiger partial charge < -0.3 is 14.2 Å². The molecular weight excluding hydrogens is 470 g/mol. The van der Waals surface area contributed by atoms with E-state index in [9.17, 15) is 18.0 Å². The average Bonchev–Trinajstić information content (AvgIpc) is 3.35. The summed E-state index contributed by atoms with van der Waals surface area (Å²) in [4.78, 5) is 24.6. The monoisotopic (exact) mass is 495 g/mol. The fourth-order valence-electron chi connectivity index (χ4n) is 4.10. The lowest BCUT2D eigenvalue weighted by Crippen LogP contribution is -2.58. The van der Waals surface area contributed by atoms with E-state index in [1.807, 2.05) is 24.3 Å². The van der Waals surface area contributed by atoms with Crippen LogP contribution in [-0.4, -0.2) is 43.9 Å². The number of nitrogens with zero attached hydrogens (tertiary/aromatic N) is 1. The Hall–Kier alpha value is -3.85. The van der Waals surface area contributed by atoms with Gasteiger partial charge >= 0.3 is 12.1 Å². The maximum absolute atomic E-state index is 13.8. The fraction of sp³-hybridized carbons (Fsp3) is 0.231. The highest BCUT2D eigenvalue weighted by Crippen LogP contribution is 2.40. The van der Waals surface area contributed by atoms with Gasteiger partial charge in [0, 0.05) is 6.54 Å². The van der Waals surface area contributed by atoms with Crippen LogP contribution in [0.3, 0.4) is 0 Å². The van der Waals surface area contributed by atoms with Gasteiger partial charge in [0.15, 0.2) is 0 Å². The van der Waals surface area contributed by atoms with E-state index < -0.39 is 26.8 Å². The Morgan fingerprint density at radius 2 is 1.49 bits per heavy atom. The Morgan fingerprint density at radius 1 is 0.886 bits per heavy atom. The lowest BCUT2D eigenvalue weighted by molar-refractivity contribution is -0.147. The molecule has 4 rings (SSSR count). The summed E-state index contributed by atoms with van der Waals surface area (Å²) in [6.07, 6.45) is -0.710. The van der Waals surface area contributed by atoms with Crippen LogP contribution in [0.2, 0.25) is 0 Å². The summed E-state index contributed by atoms with van der Waals surface area (Å²) in [7, 11) is -3.28. The van der Waals surface area contributed by atoms with Crippen LogP contribution in [0.5, 0.6) is 11.5 Å². The molecule has 0 aromatic heterocycles. The quantitative estimate of drug-likeness (QED) is 0.443. The molecule has 1 atom stereocenters. The first-order valence-corrected chi connectivity index (χ1v) is 12.5. The van der Waals surface area contributed by atoms with Gasteiger partial charge in [-0.15, -0.1) is 0 Å². The van der Waals surface area contributed by atoms with Gasteiger partial charge in [-0.25, -0.2) is 18.0 Å². The summed E-state index contributed by atoms with van der Waals surface area (Å²) in [5.41, 5.74) is 0.737. The maximum atomic E-state index is 13.8. The summed E-state index contributed by atoms with van der Waals surface area (Å²) >= 11 is 0. The minimum atomic E-state index is -4.38. The van der Waals surface area contributed by atoms with E-state index in [1.165, 1.54) is 24.3 Å². The minimum Gasteiger partial charge on any atom is -0.466 e. The second kappa shape index (κ2) is 10.2. The number of ether oxygens (including phenoxy) is 3. The molecule has 0 saturated carbocycles. The number of sulfone groups is 1. The normalized spacial score (nSPS) is 17.6. The number of rotatable bonds is 7. The van der Waals surface area contributed by atoms with Crippen molar-refractivity contribution in [2.75, 3.05) is 13.7 Å². The first-order chi connectivity index (χ1) is 16.9. The first kappa shape index (κ1) is 24.3. The first-order valence-electron chi connectivity index (χ1n) is 11.0. The van der Waals surface area contributed by atoms with E-state index in [1.54, 1.807) is 36.4 Å². The minimum absolute atomic E-state index is 0.0388. The highest BCUT2D eigenvalue weighted by atomic mass is 32.2. The standard InChI is InChI=1S/C26H25NO7S/c1-32-24(28)26(17-8-18-27(26)25(29)33-19-20-9-4-2-5-10-20)35(30,31)23-15-13-22(14-16-23)34-21-11-6-3-7-12-21/h2-7,9-16H,8,17-19H2,1H3. The Labute approximate surface area is 204 Å². The molecule has 9 heteroatoms. The van der Waals surface area contributed by atoms with Crippen LogP contribution in [0.4, 0.5) is 4.79 Å². The molecule has 3 aromatic carbocycles. The molecule has 35 heavy (non-hydrogen) atoms. The molecule has 0 bridgehead atoms. The third kappa shape index (κ3) is 4.72. The zero-order valence-electron chi connectivity index (χ0n) is 19.1. The van der Waals surface area contributed by atoms with Crippen LogP contribution in [0.25, 0.3) is 0 Å². The Kier molecular flexibility index (Phi) is 7.07. The van der Waals surface area contributed by atoms with Crippen LogP contribution >= 0.6 is 0 Å². The number of benzene rings is 3. The third-order valence-electron chi connectivity index (χ3n) is 5.82. The van der Waals surface area contributed by atoms with Crippen LogP contribution in [-0.2, 0) is 30.7 Å².